The van der Waals surface area contributed by atoms with Crippen LogP contribution in [-0.4, -0.2) is 43.7 Å². The highest BCUT2D eigenvalue weighted by Gasteiger charge is 2.43. The van der Waals surface area contributed by atoms with E-state index in [9.17, 15) is 0 Å². The first-order chi connectivity index (χ1) is 9.26. The van der Waals surface area contributed by atoms with Gasteiger partial charge in [0.2, 0.25) is 0 Å². The van der Waals surface area contributed by atoms with E-state index in [4.69, 9.17) is 19.9 Å². The highest BCUT2D eigenvalue weighted by atomic mass is 16.6. The van der Waals surface area contributed by atoms with Crippen molar-refractivity contribution >= 4 is 0 Å². The molecule has 2 aliphatic heterocycles. The molecule has 110 valence electrons. The van der Waals surface area contributed by atoms with Gasteiger partial charge in [-0.2, -0.15) is 0 Å². The summed E-state index contributed by atoms with van der Waals surface area (Å²) in [6, 6.07) is 0. The van der Waals surface area contributed by atoms with Crippen molar-refractivity contribution in [1.82, 2.24) is 0 Å². The Hall–Kier alpha value is -0.160. The van der Waals surface area contributed by atoms with Crippen LogP contribution in [0.2, 0.25) is 0 Å². The average Bonchev–Trinajstić information content (AvgIpc) is 3.08. The largest absolute Gasteiger partial charge is 0.381 e. The van der Waals surface area contributed by atoms with Gasteiger partial charge in [0.15, 0.2) is 0 Å². The molecule has 2 saturated heterocycles. The maximum atomic E-state index is 6.29. The second kappa shape index (κ2) is 5.68. The first-order valence-corrected chi connectivity index (χ1v) is 7.86. The number of rotatable bonds is 4. The molecule has 1 aliphatic carbocycles. The average molecular weight is 269 g/mol. The van der Waals surface area contributed by atoms with Gasteiger partial charge in [-0.3, -0.25) is 0 Å². The Balaban J connectivity index is 1.49. The number of hydrogen-bond acceptors (Lipinski definition) is 4. The molecule has 4 nitrogen and oxygen atoms in total. The summed E-state index contributed by atoms with van der Waals surface area (Å²) in [5, 5.41) is 0. The third-order valence-corrected chi connectivity index (χ3v) is 5.20. The quantitative estimate of drug-likeness (QED) is 0.848. The van der Waals surface area contributed by atoms with Gasteiger partial charge in [-0.15, -0.1) is 0 Å². The Labute approximate surface area is 116 Å². The summed E-state index contributed by atoms with van der Waals surface area (Å²) < 4.78 is 17.9. The fourth-order valence-corrected chi connectivity index (χ4v) is 3.82. The monoisotopic (exact) mass is 269 g/mol. The molecule has 19 heavy (non-hydrogen) atoms. The van der Waals surface area contributed by atoms with Crippen molar-refractivity contribution in [3.8, 4) is 0 Å². The molecule has 1 spiro atoms. The van der Waals surface area contributed by atoms with Crippen molar-refractivity contribution in [2.24, 2.45) is 5.73 Å². The first-order valence-electron chi connectivity index (χ1n) is 7.86. The molecular weight excluding hydrogens is 242 g/mol. The summed E-state index contributed by atoms with van der Waals surface area (Å²) in [6.45, 7) is 2.84. The van der Waals surface area contributed by atoms with Gasteiger partial charge >= 0.3 is 0 Å². The van der Waals surface area contributed by atoms with E-state index in [1.165, 1.54) is 32.1 Å². The summed E-state index contributed by atoms with van der Waals surface area (Å²) in [5.74, 6) is 0. The van der Waals surface area contributed by atoms with E-state index >= 15 is 0 Å². The van der Waals surface area contributed by atoms with Crippen LogP contribution in [0.3, 0.4) is 0 Å². The number of hydrogen-bond donors (Lipinski definition) is 1. The Morgan fingerprint density at radius 3 is 2.47 bits per heavy atom. The summed E-state index contributed by atoms with van der Waals surface area (Å²) >= 11 is 0. The number of ether oxygens (including phenoxy) is 3. The predicted octanol–water partition coefficient (Wildman–Crippen LogP) is 2.00. The lowest BCUT2D eigenvalue weighted by atomic mass is 9.94. The van der Waals surface area contributed by atoms with E-state index in [1.54, 1.807) is 0 Å². The summed E-state index contributed by atoms with van der Waals surface area (Å²) in [7, 11) is 0. The molecule has 0 bridgehead atoms. The fourth-order valence-electron chi connectivity index (χ4n) is 3.82. The van der Waals surface area contributed by atoms with E-state index in [2.05, 4.69) is 0 Å². The molecule has 0 aromatic carbocycles. The summed E-state index contributed by atoms with van der Waals surface area (Å²) in [5.41, 5.74) is 5.97. The fraction of sp³-hybridized carbons (Fsp3) is 1.00. The van der Waals surface area contributed by atoms with Crippen molar-refractivity contribution in [3.63, 3.8) is 0 Å². The van der Waals surface area contributed by atoms with Crippen LogP contribution in [0.4, 0.5) is 0 Å². The van der Waals surface area contributed by atoms with E-state index in [1.807, 2.05) is 0 Å². The van der Waals surface area contributed by atoms with Gasteiger partial charge in [0.1, 0.15) is 0 Å². The molecule has 3 fully saturated rings. The van der Waals surface area contributed by atoms with Crippen LogP contribution < -0.4 is 5.73 Å². The molecule has 1 atom stereocenters. The van der Waals surface area contributed by atoms with Gasteiger partial charge in [-0.25, -0.2) is 0 Å². The van der Waals surface area contributed by atoms with Crippen molar-refractivity contribution < 1.29 is 14.2 Å². The second-order valence-electron chi connectivity index (χ2n) is 6.48. The zero-order valence-corrected chi connectivity index (χ0v) is 11.9. The SMILES string of the molecule is NCC1(OCC2CCC3(CCCC3)O2)CCOCC1. The minimum Gasteiger partial charge on any atom is -0.381 e. The molecule has 3 rings (SSSR count). The minimum absolute atomic E-state index is 0.160. The lowest BCUT2D eigenvalue weighted by molar-refractivity contribution is -0.141. The van der Waals surface area contributed by atoms with Gasteiger partial charge in [0.05, 0.1) is 23.9 Å². The lowest BCUT2D eigenvalue weighted by Crippen LogP contribution is -2.47. The van der Waals surface area contributed by atoms with Gasteiger partial charge in [0.25, 0.3) is 0 Å². The molecule has 2 heterocycles. The topological polar surface area (TPSA) is 53.7 Å². The van der Waals surface area contributed by atoms with Crippen molar-refractivity contribution in [2.45, 2.75) is 68.7 Å². The molecule has 2 N–H and O–H groups in total. The Morgan fingerprint density at radius 1 is 1.05 bits per heavy atom. The minimum atomic E-state index is -0.160. The third-order valence-electron chi connectivity index (χ3n) is 5.20. The van der Waals surface area contributed by atoms with E-state index in [0.29, 0.717) is 13.2 Å². The van der Waals surface area contributed by atoms with Crippen LogP contribution in [0, 0.1) is 0 Å². The van der Waals surface area contributed by atoms with E-state index < -0.39 is 0 Å². The molecule has 0 aromatic rings. The molecule has 0 radical (unpaired) electrons. The lowest BCUT2D eigenvalue weighted by Gasteiger charge is -2.37. The number of nitrogens with two attached hydrogens (primary N) is 1. The van der Waals surface area contributed by atoms with Crippen molar-refractivity contribution in [2.75, 3.05) is 26.4 Å². The molecule has 1 unspecified atom stereocenters. The molecule has 0 amide bonds. The Morgan fingerprint density at radius 2 is 1.79 bits per heavy atom. The summed E-state index contributed by atoms with van der Waals surface area (Å²) in [4.78, 5) is 0. The predicted molar refractivity (Wildman–Crippen MR) is 73.1 cm³/mol. The van der Waals surface area contributed by atoms with Gasteiger partial charge < -0.3 is 19.9 Å². The standard InChI is InChI=1S/C15H27NO3/c16-12-15(7-9-17-10-8-15)18-11-13-3-6-14(19-13)4-1-2-5-14/h13H,1-12,16H2. The molecule has 4 heteroatoms. The smallest absolute Gasteiger partial charge is 0.0849 e. The van der Waals surface area contributed by atoms with E-state index in [0.717, 1.165) is 32.5 Å². The van der Waals surface area contributed by atoms with Crippen LogP contribution in [0.5, 0.6) is 0 Å². The molecule has 1 saturated carbocycles. The van der Waals surface area contributed by atoms with Crippen molar-refractivity contribution in [1.29, 1.82) is 0 Å². The first kappa shape index (κ1) is 13.8. The maximum absolute atomic E-state index is 6.29. The van der Waals surface area contributed by atoms with Crippen LogP contribution in [0.1, 0.15) is 51.4 Å². The molecule has 3 aliphatic rings. The van der Waals surface area contributed by atoms with Gasteiger partial charge in [0, 0.05) is 32.6 Å². The Kier molecular flexibility index (Phi) is 4.13. The van der Waals surface area contributed by atoms with Gasteiger partial charge in [-0.1, -0.05) is 12.8 Å². The second-order valence-corrected chi connectivity index (χ2v) is 6.48. The zero-order valence-electron chi connectivity index (χ0n) is 11.9. The van der Waals surface area contributed by atoms with Gasteiger partial charge in [-0.05, 0) is 25.7 Å². The Bertz CT molecular complexity index is 296. The highest BCUT2D eigenvalue weighted by molar-refractivity contribution is 4.93. The normalized spacial score (nSPS) is 33.0. The maximum Gasteiger partial charge on any atom is 0.0849 e. The van der Waals surface area contributed by atoms with Crippen LogP contribution >= 0.6 is 0 Å². The van der Waals surface area contributed by atoms with Crippen LogP contribution in [0.15, 0.2) is 0 Å². The molecule has 0 aromatic heterocycles. The highest BCUT2D eigenvalue weighted by Crippen LogP contribution is 2.43. The third kappa shape index (κ3) is 2.97. The summed E-state index contributed by atoms with van der Waals surface area (Å²) in [6.07, 6.45) is 9.65. The van der Waals surface area contributed by atoms with Crippen LogP contribution in [0.25, 0.3) is 0 Å². The van der Waals surface area contributed by atoms with Crippen LogP contribution in [-0.2, 0) is 14.2 Å². The van der Waals surface area contributed by atoms with Crippen molar-refractivity contribution in [3.05, 3.63) is 0 Å². The molecular formula is C15H27NO3. The zero-order chi connectivity index (χ0) is 13.2. The van der Waals surface area contributed by atoms with E-state index in [-0.39, 0.29) is 17.3 Å².